The quantitative estimate of drug-likeness (QED) is 0.857. The Morgan fingerprint density at radius 3 is 2.79 bits per heavy atom. The van der Waals surface area contributed by atoms with E-state index >= 15 is 0 Å². The Hall–Kier alpha value is -0.840. The van der Waals surface area contributed by atoms with Gasteiger partial charge in [-0.3, -0.25) is 4.90 Å². The highest BCUT2D eigenvalue weighted by Gasteiger charge is 2.19. The topological polar surface area (TPSA) is 37.6 Å². The van der Waals surface area contributed by atoms with E-state index in [0.29, 0.717) is 6.04 Å². The van der Waals surface area contributed by atoms with Crippen molar-refractivity contribution in [2.45, 2.75) is 45.8 Å². The average Bonchev–Trinajstić information content (AvgIpc) is 2.78. The van der Waals surface area contributed by atoms with Crippen LogP contribution in [0, 0.1) is 6.92 Å². The molecule has 1 fully saturated rings. The predicted molar refractivity (Wildman–Crippen MR) is 76.1 cm³/mol. The summed E-state index contributed by atoms with van der Waals surface area (Å²) in [7, 11) is 2.20. The molecule has 1 saturated heterocycles. The normalized spacial score (nSPS) is 17.3. The molecule has 2 heterocycles. The number of furan rings is 1. The average molecular weight is 266 g/mol. The minimum atomic E-state index is 0.639. The van der Waals surface area contributed by atoms with Gasteiger partial charge in [0.1, 0.15) is 11.5 Å². The Kier molecular flexibility index (Phi) is 5.43. The summed E-state index contributed by atoms with van der Waals surface area (Å²) in [4.78, 5) is 2.43. The van der Waals surface area contributed by atoms with E-state index in [1.165, 1.54) is 5.56 Å². The molecule has 1 aliphatic heterocycles. The van der Waals surface area contributed by atoms with Crippen LogP contribution in [0.4, 0.5) is 0 Å². The molecule has 1 N–H and O–H groups in total. The smallest absolute Gasteiger partial charge is 0.118 e. The molecule has 1 aromatic heterocycles. The van der Waals surface area contributed by atoms with Gasteiger partial charge >= 0.3 is 0 Å². The Morgan fingerprint density at radius 1 is 1.37 bits per heavy atom. The lowest BCUT2D eigenvalue weighted by Gasteiger charge is -2.30. The fraction of sp³-hybridized carbons (Fsp3) is 0.733. The van der Waals surface area contributed by atoms with Crippen molar-refractivity contribution in [3.8, 4) is 0 Å². The van der Waals surface area contributed by atoms with Gasteiger partial charge in [0.25, 0.3) is 0 Å². The van der Waals surface area contributed by atoms with E-state index in [9.17, 15) is 0 Å². The van der Waals surface area contributed by atoms with E-state index in [1.54, 1.807) is 0 Å². The van der Waals surface area contributed by atoms with E-state index < -0.39 is 0 Å². The van der Waals surface area contributed by atoms with E-state index in [0.717, 1.165) is 57.2 Å². The molecule has 0 bridgehead atoms. The lowest BCUT2D eigenvalue weighted by Crippen LogP contribution is -2.36. The second kappa shape index (κ2) is 7.08. The summed E-state index contributed by atoms with van der Waals surface area (Å²) in [5.74, 6) is 2.08. The first kappa shape index (κ1) is 14.6. The van der Waals surface area contributed by atoms with Crippen molar-refractivity contribution in [1.82, 2.24) is 10.2 Å². The molecule has 19 heavy (non-hydrogen) atoms. The van der Waals surface area contributed by atoms with Crippen molar-refractivity contribution in [2.75, 3.05) is 26.8 Å². The molecule has 0 spiro atoms. The number of ether oxygens (including phenoxy) is 1. The maximum absolute atomic E-state index is 5.79. The van der Waals surface area contributed by atoms with Crippen LogP contribution in [-0.4, -0.2) is 37.7 Å². The van der Waals surface area contributed by atoms with E-state index in [1.807, 2.05) is 0 Å². The third-order valence-corrected chi connectivity index (χ3v) is 3.85. The summed E-state index contributed by atoms with van der Waals surface area (Å²) in [5.41, 5.74) is 1.31. The van der Waals surface area contributed by atoms with Gasteiger partial charge in [-0.25, -0.2) is 0 Å². The third kappa shape index (κ3) is 4.06. The zero-order valence-corrected chi connectivity index (χ0v) is 12.4. The monoisotopic (exact) mass is 266 g/mol. The van der Waals surface area contributed by atoms with Crippen molar-refractivity contribution < 1.29 is 9.15 Å². The molecule has 0 aromatic carbocycles. The van der Waals surface area contributed by atoms with Crippen LogP contribution in [0.25, 0.3) is 0 Å². The van der Waals surface area contributed by atoms with Crippen LogP contribution >= 0.6 is 0 Å². The van der Waals surface area contributed by atoms with Crippen molar-refractivity contribution in [3.05, 3.63) is 23.2 Å². The van der Waals surface area contributed by atoms with Gasteiger partial charge in [-0.05, 0) is 39.4 Å². The molecule has 1 aliphatic rings. The minimum absolute atomic E-state index is 0.639. The fourth-order valence-electron chi connectivity index (χ4n) is 2.60. The van der Waals surface area contributed by atoms with Crippen molar-refractivity contribution >= 4 is 0 Å². The molecule has 1 aromatic rings. The zero-order chi connectivity index (χ0) is 13.7. The molecule has 0 aliphatic carbocycles. The molecular weight excluding hydrogens is 240 g/mol. The van der Waals surface area contributed by atoms with Gasteiger partial charge in [0.05, 0.1) is 6.54 Å². The molecule has 0 unspecified atom stereocenters. The second-order valence-electron chi connectivity index (χ2n) is 5.33. The molecule has 0 saturated carbocycles. The first-order valence-corrected chi connectivity index (χ1v) is 7.27. The standard InChI is InChI=1S/C15H26N2O2/c1-4-16-10-15-9-13(12(2)19-15)11-17(3)14-5-7-18-8-6-14/h9,14,16H,4-8,10-11H2,1-3H3. The van der Waals surface area contributed by atoms with Crippen LogP contribution < -0.4 is 5.32 Å². The molecule has 2 rings (SSSR count). The number of rotatable bonds is 6. The molecular formula is C15H26N2O2. The zero-order valence-electron chi connectivity index (χ0n) is 12.4. The van der Waals surface area contributed by atoms with E-state index in [4.69, 9.17) is 9.15 Å². The molecule has 0 amide bonds. The molecule has 108 valence electrons. The van der Waals surface area contributed by atoms with Gasteiger partial charge in [0.2, 0.25) is 0 Å². The maximum atomic E-state index is 5.79. The highest BCUT2D eigenvalue weighted by Crippen LogP contribution is 2.20. The van der Waals surface area contributed by atoms with Crippen LogP contribution in [0.3, 0.4) is 0 Å². The SMILES string of the molecule is CCNCc1cc(CN(C)C2CCOCC2)c(C)o1. The summed E-state index contributed by atoms with van der Waals surface area (Å²) >= 11 is 0. The number of hydrogen-bond acceptors (Lipinski definition) is 4. The van der Waals surface area contributed by atoms with Crippen LogP contribution in [-0.2, 0) is 17.8 Å². The Bertz CT molecular complexity index is 383. The first-order valence-electron chi connectivity index (χ1n) is 7.27. The summed E-state index contributed by atoms with van der Waals surface area (Å²) < 4.78 is 11.2. The summed E-state index contributed by atoms with van der Waals surface area (Å²) in [6.45, 7) is 8.70. The van der Waals surface area contributed by atoms with Crippen LogP contribution in [0.1, 0.15) is 36.8 Å². The van der Waals surface area contributed by atoms with Gasteiger partial charge in [-0.2, -0.15) is 0 Å². The van der Waals surface area contributed by atoms with Crippen molar-refractivity contribution in [1.29, 1.82) is 0 Å². The van der Waals surface area contributed by atoms with Crippen LogP contribution in [0.2, 0.25) is 0 Å². The van der Waals surface area contributed by atoms with Crippen LogP contribution in [0.5, 0.6) is 0 Å². The minimum Gasteiger partial charge on any atom is -0.465 e. The van der Waals surface area contributed by atoms with Crippen molar-refractivity contribution in [2.24, 2.45) is 0 Å². The van der Waals surface area contributed by atoms with Gasteiger partial charge in [-0.1, -0.05) is 6.92 Å². The van der Waals surface area contributed by atoms with Gasteiger partial charge in [0.15, 0.2) is 0 Å². The van der Waals surface area contributed by atoms with E-state index in [-0.39, 0.29) is 0 Å². The Labute approximate surface area is 116 Å². The largest absolute Gasteiger partial charge is 0.465 e. The van der Waals surface area contributed by atoms with Gasteiger partial charge < -0.3 is 14.5 Å². The Balaban J connectivity index is 1.91. The molecule has 4 nitrogen and oxygen atoms in total. The van der Waals surface area contributed by atoms with Gasteiger partial charge in [-0.15, -0.1) is 0 Å². The second-order valence-corrected chi connectivity index (χ2v) is 5.33. The summed E-state index contributed by atoms with van der Waals surface area (Å²) in [6, 6.07) is 2.83. The third-order valence-electron chi connectivity index (χ3n) is 3.85. The fourth-order valence-corrected chi connectivity index (χ4v) is 2.60. The lowest BCUT2D eigenvalue weighted by molar-refractivity contribution is 0.0406. The first-order chi connectivity index (χ1) is 9.20. The number of hydrogen-bond donors (Lipinski definition) is 1. The lowest BCUT2D eigenvalue weighted by atomic mass is 10.1. The Morgan fingerprint density at radius 2 is 2.11 bits per heavy atom. The predicted octanol–water partition coefficient (Wildman–Crippen LogP) is 2.31. The maximum Gasteiger partial charge on any atom is 0.118 e. The molecule has 0 atom stereocenters. The highest BCUT2D eigenvalue weighted by atomic mass is 16.5. The highest BCUT2D eigenvalue weighted by molar-refractivity contribution is 5.20. The number of nitrogens with zero attached hydrogens (tertiary/aromatic N) is 1. The van der Waals surface area contributed by atoms with E-state index in [2.05, 4.69) is 37.2 Å². The summed E-state index contributed by atoms with van der Waals surface area (Å²) in [5, 5.41) is 3.30. The van der Waals surface area contributed by atoms with Crippen LogP contribution in [0.15, 0.2) is 10.5 Å². The number of nitrogens with one attached hydrogen (secondary N) is 1. The molecule has 0 radical (unpaired) electrons. The number of aryl methyl sites for hydroxylation is 1. The van der Waals surface area contributed by atoms with Gasteiger partial charge in [0, 0.05) is 31.4 Å². The molecule has 4 heteroatoms. The van der Waals surface area contributed by atoms with Crippen molar-refractivity contribution in [3.63, 3.8) is 0 Å². The summed E-state index contributed by atoms with van der Waals surface area (Å²) in [6.07, 6.45) is 2.27.